The van der Waals surface area contributed by atoms with Crippen LogP contribution in [0, 0.1) is 6.92 Å². The summed E-state index contributed by atoms with van der Waals surface area (Å²) in [6, 6.07) is 11.5. The summed E-state index contributed by atoms with van der Waals surface area (Å²) in [5, 5.41) is 0.975. The molecule has 0 radical (unpaired) electrons. The van der Waals surface area contributed by atoms with E-state index in [9.17, 15) is 9.59 Å². The molecule has 158 valence electrons. The number of pyridine rings is 1. The van der Waals surface area contributed by atoms with Gasteiger partial charge in [-0.25, -0.2) is 0 Å². The Morgan fingerprint density at radius 3 is 2.67 bits per heavy atom. The summed E-state index contributed by atoms with van der Waals surface area (Å²) in [6.07, 6.45) is 1.61. The number of nitrogens with one attached hydrogen (secondary N) is 3. The van der Waals surface area contributed by atoms with Crippen molar-refractivity contribution in [1.82, 2.24) is 9.88 Å². The molecule has 3 heterocycles. The largest absolute Gasteiger partial charge is 0.467 e. The second-order valence-electron chi connectivity index (χ2n) is 8.43. The number of carbonyl (C=O) groups is 1. The van der Waals surface area contributed by atoms with Crippen molar-refractivity contribution in [3.05, 3.63) is 69.9 Å². The molecule has 7 nitrogen and oxygen atoms in total. The van der Waals surface area contributed by atoms with Gasteiger partial charge in [0.15, 0.2) is 6.54 Å². The van der Waals surface area contributed by atoms with Gasteiger partial charge >= 0.3 is 0 Å². The van der Waals surface area contributed by atoms with Gasteiger partial charge < -0.3 is 24.1 Å². The van der Waals surface area contributed by atoms with Crippen molar-refractivity contribution < 1.29 is 19.0 Å². The number of carbonyl (C=O) groups excluding carboxylic acids is 1. The Balaban J connectivity index is 1.56. The second-order valence-corrected chi connectivity index (χ2v) is 8.43. The number of aromatic nitrogens is 1. The lowest BCUT2D eigenvalue weighted by Crippen LogP contribution is -3.27. The predicted molar refractivity (Wildman–Crippen MR) is 114 cm³/mol. The number of hydrogen-bond donors (Lipinski definition) is 3. The van der Waals surface area contributed by atoms with E-state index in [0.29, 0.717) is 24.4 Å². The summed E-state index contributed by atoms with van der Waals surface area (Å²) in [5.74, 6) is 0.763. The normalized spacial score (nSPS) is 19.1. The van der Waals surface area contributed by atoms with Gasteiger partial charge in [0.05, 0.1) is 26.4 Å². The maximum Gasteiger partial charge on any atom is 0.278 e. The van der Waals surface area contributed by atoms with Crippen LogP contribution >= 0.6 is 0 Å². The molecule has 3 aromatic rings. The first-order valence-corrected chi connectivity index (χ1v) is 10.6. The van der Waals surface area contributed by atoms with Crippen molar-refractivity contribution in [1.29, 1.82) is 0 Å². The van der Waals surface area contributed by atoms with Crippen LogP contribution in [0.4, 0.5) is 0 Å². The molecule has 4 rings (SSSR count). The molecule has 1 aliphatic rings. The SMILES string of the molecule is Cc1ccc2[nH]c(=O)c(CN(Cc3ccco3)C(=O)C[NH+]3CC[NH+](C)CC3)cc2c1. The van der Waals surface area contributed by atoms with Crippen LogP contribution in [0.5, 0.6) is 0 Å². The van der Waals surface area contributed by atoms with Crippen molar-refractivity contribution in [2.24, 2.45) is 0 Å². The van der Waals surface area contributed by atoms with Gasteiger partial charge in [-0.2, -0.15) is 0 Å². The summed E-state index contributed by atoms with van der Waals surface area (Å²) in [6.45, 7) is 7.21. The quantitative estimate of drug-likeness (QED) is 0.507. The fourth-order valence-electron chi connectivity index (χ4n) is 4.05. The van der Waals surface area contributed by atoms with Crippen LogP contribution in [0.25, 0.3) is 10.9 Å². The smallest absolute Gasteiger partial charge is 0.278 e. The van der Waals surface area contributed by atoms with Gasteiger partial charge in [0.2, 0.25) is 0 Å². The molecule has 0 unspecified atom stereocenters. The minimum Gasteiger partial charge on any atom is -0.467 e. The third-order valence-corrected chi connectivity index (χ3v) is 5.93. The van der Waals surface area contributed by atoms with Gasteiger partial charge in [0.1, 0.15) is 31.9 Å². The number of fused-ring (bicyclic) bond motifs is 1. The molecule has 2 aromatic heterocycles. The maximum absolute atomic E-state index is 13.2. The molecule has 1 aromatic carbocycles. The van der Waals surface area contributed by atoms with E-state index in [1.54, 1.807) is 11.2 Å². The summed E-state index contributed by atoms with van der Waals surface area (Å²) < 4.78 is 5.48. The summed E-state index contributed by atoms with van der Waals surface area (Å²) in [4.78, 5) is 33.4. The molecule has 0 atom stereocenters. The number of aromatic amines is 1. The first-order valence-electron chi connectivity index (χ1n) is 10.6. The van der Waals surface area contributed by atoms with Crippen molar-refractivity contribution in [2.75, 3.05) is 39.8 Å². The predicted octanol–water partition coefficient (Wildman–Crippen LogP) is -0.628. The zero-order valence-electron chi connectivity index (χ0n) is 17.7. The topological polar surface area (TPSA) is 75.2 Å². The van der Waals surface area contributed by atoms with Crippen LogP contribution < -0.4 is 15.4 Å². The van der Waals surface area contributed by atoms with E-state index < -0.39 is 0 Å². The molecular formula is C23H30N4O3+2. The third kappa shape index (κ3) is 4.80. The van der Waals surface area contributed by atoms with E-state index in [-0.39, 0.29) is 18.0 Å². The van der Waals surface area contributed by atoms with Crippen LogP contribution in [0.1, 0.15) is 16.9 Å². The number of rotatable bonds is 6. The fraction of sp³-hybridized carbons (Fsp3) is 0.391. The Morgan fingerprint density at radius 1 is 1.13 bits per heavy atom. The maximum atomic E-state index is 13.2. The summed E-state index contributed by atoms with van der Waals surface area (Å²) >= 11 is 0. The molecule has 0 saturated carbocycles. The lowest BCUT2D eigenvalue weighted by Gasteiger charge is -2.29. The molecule has 1 fully saturated rings. The molecule has 0 spiro atoms. The first kappa shape index (κ1) is 20.4. The highest BCUT2D eigenvalue weighted by Gasteiger charge is 2.26. The molecule has 1 amide bonds. The van der Waals surface area contributed by atoms with Gasteiger partial charge in [-0.3, -0.25) is 9.59 Å². The average molecular weight is 411 g/mol. The molecule has 1 saturated heterocycles. The average Bonchev–Trinajstić information content (AvgIpc) is 3.23. The van der Waals surface area contributed by atoms with Gasteiger partial charge in [0, 0.05) is 11.1 Å². The Labute approximate surface area is 175 Å². The number of nitrogens with zero attached hydrogens (tertiary/aromatic N) is 1. The standard InChI is InChI=1S/C23H28N4O3/c1-17-5-6-21-18(12-17)13-19(23(29)24-21)14-27(15-20-4-3-11-30-20)22(28)16-26-9-7-25(2)8-10-26/h3-6,11-13H,7-10,14-16H2,1-2H3,(H,24,29)/p+2. The highest BCUT2D eigenvalue weighted by Crippen LogP contribution is 2.15. The number of piperazine rings is 1. The Hall–Kier alpha value is -2.90. The first-order chi connectivity index (χ1) is 14.5. The molecule has 0 aliphatic carbocycles. The van der Waals surface area contributed by atoms with E-state index in [2.05, 4.69) is 12.0 Å². The minimum absolute atomic E-state index is 0.0460. The van der Waals surface area contributed by atoms with E-state index in [1.165, 1.54) is 9.80 Å². The molecule has 30 heavy (non-hydrogen) atoms. The number of quaternary nitrogens is 2. The lowest BCUT2D eigenvalue weighted by atomic mass is 10.1. The van der Waals surface area contributed by atoms with Crippen molar-refractivity contribution in [3.8, 4) is 0 Å². The number of benzene rings is 1. The zero-order valence-corrected chi connectivity index (χ0v) is 17.7. The van der Waals surface area contributed by atoms with E-state index in [4.69, 9.17) is 4.42 Å². The summed E-state index contributed by atoms with van der Waals surface area (Å²) in [5.41, 5.74) is 2.37. The van der Waals surface area contributed by atoms with Crippen LogP contribution in [0.2, 0.25) is 0 Å². The molecule has 3 N–H and O–H groups in total. The Kier molecular flexibility index (Phi) is 6.01. The summed E-state index contributed by atoms with van der Waals surface area (Å²) in [7, 11) is 2.19. The van der Waals surface area contributed by atoms with Gasteiger partial charge in [-0.15, -0.1) is 0 Å². The highest BCUT2D eigenvalue weighted by molar-refractivity contribution is 5.80. The number of likely N-dealkylation sites (N-methyl/N-ethyl adjacent to an activating group) is 1. The van der Waals surface area contributed by atoms with E-state index in [0.717, 1.165) is 42.6 Å². The number of H-pyrrole nitrogens is 1. The number of aryl methyl sites for hydroxylation is 1. The number of hydrogen-bond acceptors (Lipinski definition) is 3. The van der Waals surface area contributed by atoms with Gasteiger partial charge in [-0.1, -0.05) is 11.6 Å². The zero-order chi connectivity index (χ0) is 21.1. The number of amides is 1. The second kappa shape index (κ2) is 8.85. The van der Waals surface area contributed by atoms with Crippen LogP contribution in [0.3, 0.4) is 0 Å². The highest BCUT2D eigenvalue weighted by atomic mass is 16.3. The molecule has 0 bridgehead atoms. The third-order valence-electron chi connectivity index (χ3n) is 5.93. The van der Waals surface area contributed by atoms with Crippen LogP contribution in [-0.2, 0) is 17.9 Å². The minimum atomic E-state index is -0.154. The molecular weight excluding hydrogens is 380 g/mol. The lowest BCUT2D eigenvalue weighted by molar-refractivity contribution is -1.000. The Morgan fingerprint density at radius 2 is 1.93 bits per heavy atom. The number of furan rings is 1. The van der Waals surface area contributed by atoms with Gasteiger partial charge in [-0.05, 0) is 42.6 Å². The van der Waals surface area contributed by atoms with Crippen molar-refractivity contribution in [3.63, 3.8) is 0 Å². The Bertz CT molecular complexity index is 1070. The molecule has 7 heteroatoms. The van der Waals surface area contributed by atoms with E-state index in [1.807, 2.05) is 43.3 Å². The monoisotopic (exact) mass is 410 g/mol. The van der Waals surface area contributed by atoms with E-state index >= 15 is 0 Å². The fourth-order valence-corrected chi connectivity index (χ4v) is 4.05. The van der Waals surface area contributed by atoms with Crippen molar-refractivity contribution >= 4 is 16.8 Å². The van der Waals surface area contributed by atoms with Crippen LogP contribution in [-0.4, -0.2) is 55.6 Å². The van der Waals surface area contributed by atoms with Crippen molar-refractivity contribution in [2.45, 2.75) is 20.0 Å². The molecule has 1 aliphatic heterocycles. The van der Waals surface area contributed by atoms with Crippen LogP contribution in [0.15, 0.2) is 51.9 Å². The van der Waals surface area contributed by atoms with Gasteiger partial charge in [0.25, 0.3) is 11.5 Å².